The van der Waals surface area contributed by atoms with E-state index in [0.717, 1.165) is 18.9 Å². The van der Waals surface area contributed by atoms with E-state index in [0.29, 0.717) is 19.8 Å². The van der Waals surface area contributed by atoms with Crippen LogP contribution in [0.25, 0.3) is 0 Å². The van der Waals surface area contributed by atoms with Crippen molar-refractivity contribution in [3.05, 3.63) is 0 Å². The van der Waals surface area contributed by atoms with E-state index in [1.54, 1.807) is 0 Å². The highest BCUT2D eigenvalue weighted by Crippen LogP contribution is 2.23. The van der Waals surface area contributed by atoms with Crippen LogP contribution < -0.4 is 5.32 Å². The SMILES string of the molecule is OC1(CNCC2CCCCC2)CCOC1. The third kappa shape index (κ3) is 3.44. The van der Waals surface area contributed by atoms with Gasteiger partial charge in [-0.05, 0) is 25.3 Å². The summed E-state index contributed by atoms with van der Waals surface area (Å²) in [7, 11) is 0. The third-order valence-electron chi connectivity index (χ3n) is 3.69. The topological polar surface area (TPSA) is 41.5 Å². The zero-order chi connectivity index (χ0) is 10.6. The summed E-state index contributed by atoms with van der Waals surface area (Å²) in [6, 6.07) is 0. The standard InChI is InChI=1S/C12H23NO2/c14-12(6-7-15-10-12)9-13-8-11-4-2-1-3-5-11/h11,13-14H,1-10H2. The molecule has 2 N–H and O–H groups in total. The van der Waals surface area contributed by atoms with Crippen LogP contribution in [0, 0.1) is 5.92 Å². The Morgan fingerprint density at radius 3 is 2.73 bits per heavy atom. The van der Waals surface area contributed by atoms with E-state index in [1.165, 1.54) is 32.1 Å². The summed E-state index contributed by atoms with van der Waals surface area (Å²) in [6.07, 6.45) is 7.70. The highest BCUT2D eigenvalue weighted by Gasteiger charge is 2.31. The molecule has 1 heterocycles. The van der Waals surface area contributed by atoms with Crippen LogP contribution in [0.2, 0.25) is 0 Å². The second-order valence-electron chi connectivity index (χ2n) is 5.16. The smallest absolute Gasteiger partial charge is 0.102 e. The number of aliphatic hydroxyl groups is 1. The fraction of sp³-hybridized carbons (Fsp3) is 1.00. The summed E-state index contributed by atoms with van der Waals surface area (Å²) in [5.41, 5.74) is -0.589. The van der Waals surface area contributed by atoms with Gasteiger partial charge in [0.15, 0.2) is 0 Å². The van der Waals surface area contributed by atoms with Crippen molar-refractivity contribution in [2.75, 3.05) is 26.3 Å². The minimum atomic E-state index is -0.589. The highest BCUT2D eigenvalue weighted by molar-refractivity contribution is 4.85. The van der Waals surface area contributed by atoms with Crippen molar-refractivity contribution in [1.82, 2.24) is 5.32 Å². The number of hydrogen-bond donors (Lipinski definition) is 2. The van der Waals surface area contributed by atoms with E-state index in [9.17, 15) is 5.11 Å². The summed E-state index contributed by atoms with van der Waals surface area (Å²) < 4.78 is 5.21. The van der Waals surface area contributed by atoms with Gasteiger partial charge in [0.2, 0.25) is 0 Å². The molecule has 1 atom stereocenters. The maximum Gasteiger partial charge on any atom is 0.102 e. The fourth-order valence-electron chi connectivity index (χ4n) is 2.64. The summed E-state index contributed by atoms with van der Waals surface area (Å²) in [4.78, 5) is 0. The number of hydrogen-bond acceptors (Lipinski definition) is 3. The quantitative estimate of drug-likeness (QED) is 0.740. The zero-order valence-electron chi connectivity index (χ0n) is 9.50. The fourth-order valence-corrected chi connectivity index (χ4v) is 2.64. The molecular formula is C12H23NO2. The molecule has 0 amide bonds. The van der Waals surface area contributed by atoms with Crippen molar-refractivity contribution in [1.29, 1.82) is 0 Å². The summed E-state index contributed by atoms with van der Waals surface area (Å²) in [6.45, 7) is 2.98. The van der Waals surface area contributed by atoms with Gasteiger partial charge in [0.25, 0.3) is 0 Å². The first-order chi connectivity index (χ1) is 7.29. The van der Waals surface area contributed by atoms with Gasteiger partial charge in [-0.2, -0.15) is 0 Å². The number of ether oxygens (including phenoxy) is 1. The van der Waals surface area contributed by atoms with Crippen molar-refractivity contribution in [3.63, 3.8) is 0 Å². The van der Waals surface area contributed by atoms with Crippen LogP contribution in [-0.2, 0) is 4.74 Å². The van der Waals surface area contributed by atoms with E-state index in [-0.39, 0.29) is 0 Å². The first-order valence-corrected chi connectivity index (χ1v) is 6.29. The predicted octanol–water partition coefficient (Wildman–Crippen LogP) is 1.31. The molecule has 1 saturated carbocycles. The lowest BCUT2D eigenvalue weighted by Crippen LogP contribution is -2.42. The van der Waals surface area contributed by atoms with Crippen LogP contribution in [0.15, 0.2) is 0 Å². The Morgan fingerprint density at radius 1 is 1.27 bits per heavy atom. The molecule has 0 radical (unpaired) electrons. The maximum atomic E-state index is 10.0. The Hall–Kier alpha value is -0.120. The van der Waals surface area contributed by atoms with Crippen LogP contribution in [-0.4, -0.2) is 37.0 Å². The molecule has 0 aromatic heterocycles. The van der Waals surface area contributed by atoms with Gasteiger partial charge in [0.05, 0.1) is 6.61 Å². The van der Waals surface area contributed by atoms with Gasteiger partial charge in [0.1, 0.15) is 5.60 Å². The predicted molar refractivity (Wildman–Crippen MR) is 59.8 cm³/mol. The second kappa shape index (κ2) is 5.28. The Balaban J connectivity index is 1.61. The average molecular weight is 213 g/mol. The largest absolute Gasteiger partial charge is 0.386 e. The second-order valence-corrected chi connectivity index (χ2v) is 5.16. The molecule has 0 spiro atoms. The minimum Gasteiger partial charge on any atom is -0.386 e. The molecule has 2 fully saturated rings. The lowest BCUT2D eigenvalue weighted by Gasteiger charge is -2.25. The third-order valence-corrected chi connectivity index (χ3v) is 3.69. The van der Waals surface area contributed by atoms with Gasteiger partial charge >= 0.3 is 0 Å². The van der Waals surface area contributed by atoms with Gasteiger partial charge in [-0.3, -0.25) is 0 Å². The molecule has 2 aliphatic rings. The molecule has 3 heteroatoms. The number of rotatable bonds is 4. The summed E-state index contributed by atoms with van der Waals surface area (Å²) >= 11 is 0. The molecule has 1 aliphatic carbocycles. The molecule has 1 aliphatic heterocycles. The minimum absolute atomic E-state index is 0.505. The van der Waals surface area contributed by atoms with E-state index >= 15 is 0 Å². The van der Waals surface area contributed by atoms with Gasteiger partial charge in [-0.15, -0.1) is 0 Å². The lowest BCUT2D eigenvalue weighted by molar-refractivity contribution is 0.0261. The van der Waals surface area contributed by atoms with Gasteiger partial charge < -0.3 is 15.2 Å². The van der Waals surface area contributed by atoms with Crippen molar-refractivity contribution >= 4 is 0 Å². The molecule has 1 unspecified atom stereocenters. The Morgan fingerprint density at radius 2 is 2.07 bits per heavy atom. The molecule has 3 nitrogen and oxygen atoms in total. The lowest BCUT2D eigenvalue weighted by atomic mass is 9.89. The van der Waals surface area contributed by atoms with Crippen LogP contribution in [0.3, 0.4) is 0 Å². The van der Waals surface area contributed by atoms with E-state index in [1.807, 2.05) is 0 Å². The Kier molecular flexibility index (Phi) is 4.00. The Labute approximate surface area is 92.2 Å². The molecule has 1 saturated heterocycles. The monoisotopic (exact) mass is 213 g/mol. The molecule has 0 aromatic carbocycles. The summed E-state index contributed by atoms with van der Waals surface area (Å²) in [5.74, 6) is 0.838. The molecule has 88 valence electrons. The van der Waals surface area contributed by atoms with E-state index < -0.39 is 5.60 Å². The van der Waals surface area contributed by atoms with Crippen molar-refractivity contribution in [2.45, 2.75) is 44.1 Å². The average Bonchev–Trinajstić information content (AvgIpc) is 2.67. The first kappa shape index (κ1) is 11.4. The maximum absolute atomic E-state index is 10.0. The molecule has 0 aromatic rings. The van der Waals surface area contributed by atoms with Gasteiger partial charge in [-0.25, -0.2) is 0 Å². The van der Waals surface area contributed by atoms with Gasteiger partial charge in [-0.1, -0.05) is 19.3 Å². The summed E-state index contributed by atoms with van der Waals surface area (Å²) in [5, 5.41) is 13.4. The van der Waals surface area contributed by atoms with Crippen molar-refractivity contribution < 1.29 is 9.84 Å². The normalized spacial score (nSPS) is 33.4. The van der Waals surface area contributed by atoms with E-state index in [4.69, 9.17) is 4.74 Å². The van der Waals surface area contributed by atoms with Crippen molar-refractivity contribution in [3.8, 4) is 0 Å². The zero-order valence-corrected chi connectivity index (χ0v) is 9.50. The van der Waals surface area contributed by atoms with Crippen LogP contribution in [0.4, 0.5) is 0 Å². The van der Waals surface area contributed by atoms with Crippen molar-refractivity contribution in [2.24, 2.45) is 5.92 Å². The highest BCUT2D eigenvalue weighted by atomic mass is 16.5. The van der Waals surface area contributed by atoms with Crippen LogP contribution >= 0.6 is 0 Å². The Bertz CT molecular complexity index is 184. The molecular weight excluding hydrogens is 190 g/mol. The number of nitrogens with one attached hydrogen (secondary N) is 1. The first-order valence-electron chi connectivity index (χ1n) is 6.29. The van der Waals surface area contributed by atoms with Crippen LogP contribution in [0.1, 0.15) is 38.5 Å². The van der Waals surface area contributed by atoms with Gasteiger partial charge in [0, 0.05) is 19.6 Å². The molecule has 0 bridgehead atoms. The van der Waals surface area contributed by atoms with E-state index in [2.05, 4.69) is 5.32 Å². The van der Waals surface area contributed by atoms with Crippen LogP contribution in [0.5, 0.6) is 0 Å². The molecule has 2 rings (SSSR count). The molecule has 15 heavy (non-hydrogen) atoms.